The van der Waals surface area contributed by atoms with Crippen LogP contribution in [0.3, 0.4) is 0 Å². The molecule has 0 amide bonds. The first-order valence-corrected chi connectivity index (χ1v) is 10.0. The van der Waals surface area contributed by atoms with Gasteiger partial charge in [-0.3, -0.25) is 9.71 Å². The molecule has 3 aromatic carbocycles. The molecule has 5 nitrogen and oxygen atoms in total. The maximum absolute atomic E-state index is 12.8. The molecule has 136 valence electrons. The van der Waals surface area contributed by atoms with Gasteiger partial charge in [-0.2, -0.15) is 5.26 Å². The summed E-state index contributed by atoms with van der Waals surface area (Å²) < 4.78 is 28.2. The third-order valence-electron chi connectivity index (χ3n) is 4.45. The van der Waals surface area contributed by atoms with Gasteiger partial charge in [-0.15, -0.1) is 0 Å². The number of aromatic nitrogens is 1. The number of pyridine rings is 1. The summed E-state index contributed by atoms with van der Waals surface area (Å²) in [5, 5.41) is 11.0. The fraction of sp³-hybridized carbons (Fsp3) is 0. The molecule has 4 aromatic rings. The Morgan fingerprint density at radius 3 is 2.29 bits per heavy atom. The van der Waals surface area contributed by atoms with Gasteiger partial charge in [0, 0.05) is 23.3 Å². The Bertz CT molecular complexity index is 1310. The Morgan fingerprint density at radius 2 is 1.54 bits per heavy atom. The van der Waals surface area contributed by atoms with Gasteiger partial charge in [0.2, 0.25) is 0 Å². The predicted octanol–water partition coefficient (Wildman–Crippen LogP) is 4.57. The Kier molecular flexibility index (Phi) is 4.52. The van der Waals surface area contributed by atoms with E-state index in [0.717, 1.165) is 16.3 Å². The van der Waals surface area contributed by atoms with Gasteiger partial charge in [-0.05, 0) is 35.2 Å². The second-order valence-electron chi connectivity index (χ2n) is 6.16. The highest BCUT2D eigenvalue weighted by Gasteiger charge is 2.17. The largest absolute Gasteiger partial charge is 0.279 e. The second-order valence-corrected chi connectivity index (χ2v) is 7.84. The van der Waals surface area contributed by atoms with Crippen molar-refractivity contribution in [3.05, 3.63) is 90.8 Å². The van der Waals surface area contributed by atoms with Gasteiger partial charge in [0.15, 0.2) is 0 Å². The summed E-state index contributed by atoms with van der Waals surface area (Å²) in [5.41, 5.74) is 2.43. The van der Waals surface area contributed by atoms with Crippen molar-refractivity contribution in [1.82, 2.24) is 4.98 Å². The van der Waals surface area contributed by atoms with Crippen LogP contribution in [0, 0.1) is 11.3 Å². The van der Waals surface area contributed by atoms with Crippen LogP contribution in [0.5, 0.6) is 0 Å². The fourth-order valence-corrected chi connectivity index (χ4v) is 4.23. The Morgan fingerprint density at radius 1 is 0.821 bits per heavy atom. The minimum atomic E-state index is -3.74. The predicted molar refractivity (Wildman–Crippen MR) is 109 cm³/mol. The first-order chi connectivity index (χ1) is 13.6. The average Bonchev–Trinajstić information content (AvgIpc) is 2.74. The van der Waals surface area contributed by atoms with E-state index < -0.39 is 10.0 Å². The molecule has 4 rings (SSSR count). The van der Waals surface area contributed by atoms with Gasteiger partial charge in [0.05, 0.1) is 22.2 Å². The summed E-state index contributed by atoms with van der Waals surface area (Å²) >= 11 is 0. The van der Waals surface area contributed by atoms with Gasteiger partial charge in [-0.1, -0.05) is 48.5 Å². The van der Waals surface area contributed by atoms with Crippen LogP contribution >= 0.6 is 0 Å². The van der Waals surface area contributed by atoms with E-state index in [4.69, 9.17) is 0 Å². The monoisotopic (exact) mass is 385 g/mol. The molecule has 0 aliphatic carbocycles. The number of sulfonamides is 1. The number of nitrogens with zero attached hydrogens (tertiary/aromatic N) is 2. The SMILES string of the molecule is N#Cc1ccc(-c2cnccc2NS(=O)(=O)c2ccccc2)c2ccccc12. The topological polar surface area (TPSA) is 82.8 Å². The maximum Gasteiger partial charge on any atom is 0.261 e. The lowest BCUT2D eigenvalue weighted by atomic mass is 9.95. The highest BCUT2D eigenvalue weighted by atomic mass is 32.2. The molecule has 0 radical (unpaired) electrons. The van der Waals surface area contributed by atoms with E-state index in [2.05, 4.69) is 15.8 Å². The van der Waals surface area contributed by atoms with Gasteiger partial charge in [0.25, 0.3) is 10.0 Å². The van der Waals surface area contributed by atoms with Crippen molar-refractivity contribution in [2.24, 2.45) is 0 Å². The molecule has 28 heavy (non-hydrogen) atoms. The Balaban J connectivity index is 1.87. The molecule has 0 aliphatic heterocycles. The highest BCUT2D eigenvalue weighted by Crippen LogP contribution is 2.35. The van der Waals surface area contributed by atoms with Crippen LogP contribution in [0.4, 0.5) is 5.69 Å². The standard InChI is InChI=1S/C22H15N3O2S/c23-14-16-10-11-20(19-9-5-4-8-18(16)19)21-15-24-13-12-22(21)25-28(26,27)17-6-2-1-3-7-17/h1-13,15H,(H,24,25). The van der Waals surface area contributed by atoms with Crippen LogP contribution in [0.25, 0.3) is 21.9 Å². The number of benzene rings is 3. The van der Waals surface area contributed by atoms with E-state index >= 15 is 0 Å². The average molecular weight is 385 g/mol. The summed E-state index contributed by atoms with van der Waals surface area (Å²) in [6.45, 7) is 0. The van der Waals surface area contributed by atoms with E-state index in [1.165, 1.54) is 6.20 Å². The Labute approximate surface area is 163 Å². The van der Waals surface area contributed by atoms with Crippen molar-refractivity contribution >= 4 is 26.5 Å². The zero-order valence-corrected chi connectivity index (χ0v) is 15.5. The molecule has 0 bridgehead atoms. The fourth-order valence-electron chi connectivity index (χ4n) is 3.13. The molecule has 1 aromatic heterocycles. The first-order valence-electron chi connectivity index (χ1n) is 8.54. The lowest BCUT2D eigenvalue weighted by Gasteiger charge is -2.14. The second kappa shape index (κ2) is 7.14. The van der Waals surface area contributed by atoms with Crippen LogP contribution in [0.1, 0.15) is 5.56 Å². The summed E-state index contributed by atoms with van der Waals surface area (Å²) in [4.78, 5) is 4.36. The van der Waals surface area contributed by atoms with Crippen LogP contribution < -0.4 is 4.72 Å². The molecule has 0 saturated carbocycles. The van der Waals surface area contributed by atoms with Crippen LogP contribution in [0.2, 0.25) is 0 Å². The summed E-state index contributed by atoms with van der Waals surface area (Å²) in [5.74, 6) is 0. The van der Waals surface area contributed by atoms with Crippen molar-refractivity contribution < 1.29 is 8.42 Å². The van der Waals surface area contributed by atoms with E-state index in [-0.39, 0.29) is 4.90 Å². The number of hydrogen-bond donors (Lipinski definition) is 1. The molecule has 0 fully saturated rings. The molecule has 0 aliphatic rings. The number of anilines is 1. The van der Waals surface area contributed by atoms with Crippen LogP contribution in [0.15, 0.2) is 90.1 Å². The van der Waals surface area contributed by atoms with E-state index in [1.54, 1.807) is 48.7 Å². The molecule has 0 unspecified atom stereocenters. The minimum absolute atomic E-state index is 0.183. The van der Waals surface area contributed by atoms with Gasteiger partial charge < -0.3 is 0 Å². The first kappa shape index (κ1) is 17.7. The minimum Gasteiger partial charge on any atom is -0.279 e. The lowest BCUT2D eigenvalue weighted by Crippen LogP contribution is -2.13. The summed E-state index contributed by atoms with van der Waals surface area (Å²) in [6.07, 6.45) is 3.16. The van der Waals surface area contributed by atoms with Crippen molar-refractivity contribution in [1.29, 1.82) is 5.26 Å². The summed E-state index contributed by atoms with van der Waals surface area (Å²) in [7, 11) is -3.74. The molecule has 6 heteroatoms. The molecular formula is C22H15N3O2S. The number of hydrogen-bond acceptors (Lipinski definition) is 4. The number of fused-ring (bicyclic) bond motifs is 1. The summed E-state index contributed by atoms with van der Waals surface area (Å²) in [6, 6.07) is 23.1. The lowest BCUT2D eigenvalue weighted by molar-refractivity contribution is 0.601. The zero-order valence-electron chi connectivity index (χ0n) is 14.7. The van der Waals surface area contributed by atoms with Crippen molar-refractivity contribution in [2.45, 2.75) is 4.90 Å². The van der Waals surface area contributed by atoms with Crippen LogP contribution in [-0.2, 0) is 10.0 Å². The van der Waals surface area contributed by atoms with Gasteiger partial charge in [0.1, 0.15) is 0 Å². The number of rotatable bonds is 4. The maximum atomic E-state index is 12.8. The molecule has 1 heterocycles. The molecule has 0 spiro atoms. The van der Waals surface area contributed by atoms with E-state index in [1.807, 2.05) is 30.3 Å². The third-order valence-corrected chi connectivity index (χ3v) is 5.84. The van der Waals surface area contributed by atoms with E-state index in [9.17, 15) is 13.7 Å². The molecule has 0 saturated heterocycles. The molecule has 1 N–H and O–H groups in total. The van der Waals surface area contributed by atoms with Crippen LogP contribution in [-0.4, -0.2) is 13.4 Å². The van der Waals surface area contributed by atoms with Crippen molar-refractivity contribution in [3.8, 4) is 17.2 Å². The van der Waals surface area contributed by atoms with Crippen molar-refractivity contribution in [2.75, 3.05) is 4.72 Å². The smallest absolute Gasteiger partial charge is 0.261 e. The Hall–Kier alpha value is -3.69. The number of nitriles is 1. The van der Waals surface area contributed by atoms with Crippen molar-refractivity contribution in [3.63, 3.8) is 0 Å². The third kappa shape index (κ3) is 3.20. The number of nitrogens with one attached hydrogen (secondary N) is 1. The van der Waals surface area contributed by atoms with Gasteiger partial charge >= 0.3 is 0 Å². The zero-order chi connectivity index (χ0) is 19.6. The highest BCUT2D eigenvalue weighted by molar-refractivity contribution is 7.92. The molecule has 0 atom stereocenters. The van der Waals surface area contributed by atoms with Gasteiger partial charge in [-0.25, -0.2) is 8.42 Å². The normalized spacial score (nSPS) is 11.1. The molecular weight excluding hydrogens is 370 g/mol. The van der Waals surface area contributed by atoms with E-state index in [0.29, 0.717) is 16.8 Å². The quantitative estimate of drug-likeness (QED) is 0.558.